The van der Waals surface area contributed by atoms with E-state index in [0.29, 0.717) is 28.3 Å². The largest absolute Gasteiger partial charge is 0.496 e. The highest BCUT2D eigenvalue weighted by molar-refractivity contribution is 6.01. The lowest BCUT2D eigenvalue weighted by Gasteiger charge is -2.25. The number of urea groups is 1. The average molecular weight is 539 g/mol. The Bertz CT molecular complexity index is 1570. The van der Waals surface area contributed by atoms with E-state index in [1.807, 2.05) is 62.4 Å². The standard InChI is InChI=1S/C33H34N2O5/c1-20-9-7-11-24(17-20)34-32(38)35-27-19-23(22-13-15-28(39-6)25(18-22)31(36)37)14-16-29(27)40-30-21(2)10-8-12-26(30)33(3,4)5/h7-19H,1-6H3,(H,36,37)(H2,34,35,38). The van der Waals surface area contributed by atoms with Crippen LogP contribution >= 0.6 is 0 Å². The number of carboxylic acid groups (broad SMARTS) is 1. The summed E-state index contributed by atoms with van der Waals surface area (Å²) in [6.45, 7) is 10.3. The molecule has 0 aliphatic heterocycles. The maximum atomic E-state index is 13.1. The van der Waals surface area contributed by atoms with E-state index in [9.17, 15) is 14.7 Å². The van der Waals surface area contributed by atoms with Crippen molar-refractivity contribution in [3.8, 4) is 28.4 Å². The zero-order chi connectivity index (χ0) is 29.0. The number of aryl methyl sites for hydroxylation is 2. The van der Waals surface area contributed by atoms with Gasteiger partial charge in [-0.1, -0.05) is 63.2 Å². The third-order valence-corrected chi connectivity index (χ3v) is 6.50. The number of amides is 2. The Morgan fingerprint density at radius 2 is 1.48 bits per heavy atom. The normalized spacial score (nSPS) is 11.1. The van der Waals surface area contributed by atoms with Crippen molar-refractivity contribution in [1.29, 1.82) is 0 Å². The van der Waals surface area contributed by atoms with E-state index in [4.69, 9.17) is 9.47 Å². The predicted octanol–water partition coefficient (Wildman–Crippen LogP) is 8.41. The molecule has 7 nitrogen and oxygen atoms in total. The number of hydrogen-bond acceptors (Lipinski definition) is 4. The summed E-state index contributed by atoms with van der Waals surface area (Å²) in [5, 5.41) is 15.5. The third kappa shape index (κ3) is 6.43. The number of methoxy groups -OCH3 is 1. The van der Waals surface area contributed by atoms with Crippen LogP contribution in [0.2, 0.25) is 0 Å². The zero-order valence-corrected chi connectivity index (χ0v) is 23.6. The van der Waals surface area contributed by atoms with Gasteiger partial charge in [0.05, 0.1) is 12.8 Å². The molecular weight excluding hydrogens is 504 g/mol. The summed E-state index contributed by atoms with van der Waals surface area (Å²) in [4.78, 5) is 24.9. The Morgan fingerprint density at radius 3 is 2.12 bits per heavy atom. The monoisotopic (exact) mass is 538 g/mol. The zero-order valence-electron chi connectivity index (χ0n) is 23.6. The van der Waals surface area contributed by atoms with E-state index < -0.39 is 12.0 Å². The van der Waals surface area contributed by atoms with Gasteiger partial charge in [-0.3, -0.25) is 0 Å². The molecule has 3 N–H and O–H groups in total. The Labute approximate surface area is 234 Å². The molecule has 206 valence electrons. The van der Waals surface area contributed by atoms with Crippen LogP contribution in [-0.2, 0) is 5.41 Å². The molecule has 4 aromatic rings. The van der Waals surface area contributed by atoms with Gasteiger partial charge in [0.25, 0.3) is 0 Å². The average Bonchev–Trinajstić information content (AvgIpc) is 2.89. The van der Waals surface area contributed by atoms with Gasteiger partial charge in [-0.05, 0) is 77.9 Å². The molecule has 2 amide bonds. The van der Waals surface area contributed by atoms with Gasteiger partial charge in [0.1, 0.15) is 17.1 Å². The van der Waals surface area contributed by atoms with Crippen LogP contribution in [0.1, 0.15) is 47.8 Å². The summed E-state index contributed by atoms with van der Waals surface area (Å²) in [6.07, 6.45) is 0. The van der Waals surface area contributed by atoms with E-state index in [2.05, 4.69) is 31.4 Å². The molecule has 0 bridgehead atoms. The van der Waals surface area contributed by atoms with Crippen LogP contribution in [0.15, 0.2) is 78.9 Å². The maximum Gasteiger partial charge on any atom is 0.339 e. The second-order valence-corrected chi connectivity index (χ2v) is 10.7. The van der Waals surface area contributed by atoms with Gasteiger partial charge in [-0.25, -0.2) is 9.59 Å². The van der Waals surface area contributed by atoms with E-state index in [1.165, 1.54) is 7.11 Å². The van der Waals surface area contributed by atoms with E-state index >= 15 is 0 Å². The molecule has 4 rings (SSSR count). The van der Waals surface area contributed by atoms with Crippen LogP contribution < -0.4 is 20.1 Å². The van der Waals surface area contributed by atoms with Gasteiger partial charge in [-0.2, -0.15) is 0 Å². The number of ether oxygens (including phenoxy) is 2. The van der Waals surface area contributed by atoms with Gasteiger partial charge in [0, 0.05) is 11.3 Å². The molecule has 0 radical (unpaired) electrons. The fraction of sp³-hybridized carbons (Fsp3) is 0.212. The Morgan fingerprint density at radius 1 is 0.800 bits per heavy atom. The van der Waals surface area contributed by atoms with Crippen molar-refractivity contribution >= 4 is 23.4 Å². The van der Waals surface area contributed by atoms with Gasteiger partial charge >= 0.3 is 12.0 Å². The molecule has 0 aromatic heterocycles. The molecule has 0 heterocycles. The molecule has 7 heteroatoms. The van der Waals surface area contributed by atoms with Crippen LogP contribution in [0.4, 0.5) is 16.2 Å². The lowest BCUT2D eigenvalue weighted by Crippen LogP contribution is -2.20. The minimum absolute atomic E-state index is 0.0433. The molecule has 0 saturated heterocycles. The molecule has 0 aliphatic rings. The number of rotatable bonds is 7. The number of carboxylic acids is 1. The van der Waals surface area contributed by atoms with Gasteiger partial charge < -0.3 is 25.2 Å². The first kappa shape index (κ1) is 28.2. The van der Waals surface area contributed by atoms with Crippen molar-refractivity contribution in [2.45, 2.75) is 40.0 Å². The first-order valence-corrected chi connectivity index (χ1v) is 12.9. The number of anilines is 2. The highest BCUT2D eigenvalue weighted by Crippen LogP contribution is 2.40. The third-order valence-electron chi connectivity index (χ3n) is 6.50. The SMILES string of the molecule is COc1ccc(-c2ccc(Oc3c(C)cccc3C(C)(C)C)c(NC(=O)Nc3cccc(C)c3)c2)cc1C(=O)O. The molecular formula is C33H34N2O5. The summed E-state index contributed by atoms with van der Waals surface area (Å²) in [5.41, 5.74) is 5.33. The summed E-state index contributed by atoms with van der Waals surface area (Å²) < 4.78 is 11.7. The maximum absolute atomic E-state index is 13.1. The molecule has 0 atom stereocenters. The van der Waals surface area contributed by atoms with Crippen molar-refractivity contribution < 1.29 is 24.2 Å². The number of carbonyl (C=O) groups excluding carboxylic acids is 1. The molecule has 0 unspecified atom stereocenters. The number of aromatic carboxylic acids is 1. The fourth-order valence-electron chi connectivity index (χ4n) is 4.45. The predicted molar refractivity (Wildman–Crippen MR) is 159 cm³/mol. The number of hydrogen-bond donors (Lipinski definition) is 3. The van der Waals surface area contributed by atoms with Crippen LogP contribution in [-0.4, -0.2) is 24.2 Å². The van der Waals surface area contributed by atoms with Crippen LogP contribution in [0.5, 0.6) is 17.2 Å². The second kappa shape index (κ2) is 11.5. The highest BCUT2D eigenvalue weighted by atomic mass is 16.5. The second-order valence-electron chi connectivity index (χ2n) is 10.7. The Hall–Kier alpha value is -4.78. The van der Waals surface area contributed by atoms with Crippen molar-refractivity contribution in [3.05, 3.63) is 101 Å². The molecule has 0 fully saturated rings. The van der Waals surface area contributed by atoms with Crippen LogP contribution in [0.3, 0.4) is 0 Å². The first-order chi connectivity index (χ1) is 19.0. The quantitative estimate of drug-likeness (QED) is 0.219. The van der Waals surface area contributed by atoms with Crippen molar-refractivity contribution in [2.24, 2.45) is 0 Å². The summed E-state index contributed by atoms with van der Waals surface area (Å²) >= 11 is 0. The van der Waals surface area contributed by atoms with E-state index in [1.54, 1.807) is 30.3 Å². The van der Waals surface area contributed by atoms with Crippen molar-refractivity contribution in [3.63, 3.8) is 0 Å². The number of carbonyl (C=O) groups is 2. The molecule has 0 aliphatic carbocycles. The topological polar surface area (TPSA) is 96.9 Å². The number of para-hydroxylation sites is 1. The molecule has 0 spiro atoms. The highest BCUT2D eigenvalue weighted by Gasteiger charge is 2.22. The van der Waals surface area contributed by atoms with Crippen molar-refractivity contribution in [1.82, 2.24) is 0 Å². The molecule has 0 saturated carbocycles. The number of nitrogens with one attached hydrogen (secondary N) is 2. The molecule has 4 aromatic carbocycles. The Balaban J connectivity index is 1.77. The summed E-state index contributed by atoms with van der Waals surface area (Å²) in [7, 11) is 1.43. The van der Waals surface area contributed by atoms with Crippen LogP contribution in [0, 0.1) is 13.8 Å². The van der Waals surface area contributed by atoms with Crippen molar-refractivity contribution in [2.75, 3.05) is 17.7 Å². The lowest BCUT2D eigenvalue weighted by atomic mass is 9.85. The van der Waals surface area contributed by atoms with E-state index in [0.717, 1.165) is 22.4 Å². The minimum Gasteiger partial charge on any atom is -0.496 e. The smallest absolute Gasteiger partial charge is 0.339 e. The minimum atomic E-state index is -1.09. The van der Waals surface area contributed by atoms with Crippen LogP contribution in [0.25, 0.3) is 11.1 Å². The summed E-state index contributed by atoms with van der Waals surface area (Å²) in [5.74, 6) is 0.350. The van der Waals surface area contributed by atoms with Gasteiger partial charge in [0.2, 0.25) is 0 Å². The molecule has 40 heavy (non-hydrogen) atoms. The Kier molecular flexibility index (Phi) is 8.14. The van der Waals surface area contributed by atoms with Gasteiger partial charge in [-0.15, -0.1) is 0 Å². The van der Waals surface area contributed by atoms with E-state index in [-0.39, 0.29) is 16.7 Å². The summed E-state index contributed by atoms with van der Waals surface area (Å²) in [6, 6.07) is 23.4. The first-order valence-electron chi connectivity index (χ1n) is 12.9. The number of benzene rings is 4. The van der Waals surface area contributed by atoms with Gasteiger partial charge in [0.15, 0.2) is 5.75 Å². The lowest BCUT2D eigenvalue weighted by molar-refractivity contribution is 0.0693. The fourth-order valence-corrected chi connectivity index (χ4v) is 4.45.